The summed E-state index contributed by atoms with van der Waals surface area (Å²) in [5, 5.41) is 0.711. The van der Waals surface area contributed by atoms with Crippen molar-refractivity contribution in [1.82, 2.24) is 19.4 Å². The number of amides is 1. The van der Waals surface area contributed by atoms with Crippen molar-refractivity contribution >= 4 is 47.3 Å². The van der Waals surface area contributed by atoms with Crippen LogP contribution in [0.1, 0.15) is 45.1 Å². The predicted octanol–water partition coefficient (Wildman–Crippen LogP) is 5.19. The average molecular weight is 600 g/mol. The van der Waals surface area contributed by atoms with Crippen LogP contribution in [0, 0.1) is 5.82 Å². The molecule has 1 saturated heterocycles. The summed E-state index contributed by atoms with van der Waals surface area (Å²) >= 11 is 5.91. The fourth-order valence-corrected chi connectivity index (χ4v) is 5.82. The highest BCUT2D eigenvalue weighted by Crippen LogP contribution is 2.36. The summed E-state index contributed by atoms with van der Waals surface area (Å²) in [7, 11) is -4.38. The third-order valence-corrected chi connectivity index (χ3v) is 8.61. The van der Waals surface area contributed by atoms with Gasteiger partial charge in [0.1, 0.15) is 23.0 Å². The van der Waals surface area contributed by atoms with Crippen LogP contribution in [0.5, 0.6) is 0 Å². The molecule has 0 atom stereocenters. The first-order valence-corrected chi connectivity index (χ1v) is 15.1. The highest BCUT2D eigenvalue weighted by atomic mass is 35.5. The van der Waals surface area contributed by atoms with Gasteiger partial charge in [0.05, 0.1) is 15.9 Å². The second-order valence-electron chi connectivity index (χ2n) is 11.9. The molecule has 0 unspecified atom stereocenters. The Bertz CT molecular complexity index is 1690. The Balaban J connectivity index is 1.45. The number of hydrogen-bond acceptors (Lipinski definition) is 5. The van der Waals surface area contributed by atoms with E-state index in [2.05, 4.69) is 4.98 Å². The molecule has 5 rings (SSSR count). The van der Waals surface area contributed by atoms with Gasteiger partial charge in [0, 0.05) is 48.5 Å². The maximum atomic E-state index is 14.3. The van der Waals surface area contributed by atoms with E-state index in [1.165, 1.54) is 24.4 Å². The monoisotopic (exact) mass is 599 g/mol. The van der Waals surface area contributed by atoms with Crippen LogP contribution in [-0.2, 0) is 10.1 Å². The third kappa shape index (κ3) is 5.62. The smallest absolute Gasteiger partial charge is 0.353 e. The fourth-order valence-electron chi connectivity index (χ4n) is 5.23. The van der Waals surface area contributed by atoms with Crippen LogP contribution in [0.4, 0.5) is 10.2 Å². The van der Waals surface area contributed by atoms with Crippen LogP contribution in [-0.4, -0.2) is 60.3 Å². The topological polar surface area (TPSA) is 112 Å². The first-order valence-electron chi connectivity index (χ1n) is 13.1. The van der Waals surface area contributed by atoms with Crippen molar-refractivity contribution in [3.8, 4) is 11.1 Å². The minimum atomic E-state index is -4.38. The van der Waals surface area contributed by atoms with Crippen molar-refractivity contribution in [3.05, 3.63) is 71.4 Å². The van der Waals surface area contributed by atoms with E-state index in [4.69, 9.17) is 16.6 Å². The van der Waals surface area contributed by atoms with Crippen LogP contribution >= 0.6 is 19.2 Å². The van der Waals surface area contributed by atoms with Crippen molar-refractivity contribution in [3.63, 3.8) is 0 Å². The first-order chi connectivity index (χ1) is 19.1. The van der Waals surface area contributed by atoms with E-state index in [9.17, 15) is 23.5 Å². The number of halogens is 2. The van der Waals surface area contributed by atoms with Crippen LogP contribution in [0.15, 0.2) is 54.9 Å². The quantitative estimate of drug-likeness (QED) is 0.311. The summed E-state index contributed by atoms with van der Waals surface area (Å²) in [5.41, 5.74) is 1.44. The number of benzene rings is 1. The largest absolute Gasteiger partial charge is 0.357 e. The number of nitrogens with zero attached hydrogens (tertiary/aromatic N) is 5. The first kappa shape index (κ1) is 29.2. The molecule has 12 heteroatoms. The molecular weight excluding hydrogens is 568 g/mol. The molecule has 0 bridgehead atoms. The molecule has 0 aliphatic carbocycles. The number of aromatic nitrogens is 3. The molecule has 0 radical (unpaired) electrons. The molecule has 0 spiro atoms. The standard InChI is InChI=1S/C29H32ClFN5O4P/c1-28(2,3)36-16-21(18-6-9-22(30)23(31)14-18)20-8-10-24(33-26(20)36)27(37)35-13-12-34(17-29(35,4)5)25-11-7-19(15-32-25)41(38,39)40/h6-11,14-16H,12-13,17H2,1-5H3,(H2,38,39,40). The van der Waals surface area contributed by atoms with E-state index in [-0.39, 0.29) is 21.8 Å². The van der Waals surface area contributed by atoms with E-state index >= 15 is 0 Å². The van der Waals surface area contributed by atoms with Gasteiger partial charge in [-0.15, -0.1) is 0 Å². The van der Waals surface area contributed by atoms with Crippen LogP contribution in [0.2, 0.25) is 5.02 Å². The zero-order chi connectivity index (χ0) is 29.9. The Kier molecular flexibility index (Phi) is 7.27. The molecule has 0 saturated carbocycles. The van der Waals surface area contributed by atoms with E-state index in [1.807, 2.05) is 56.3 Å². The van der Waals surface area contributed by atoms with Crippen molar-refractivity contribution in [2.75, 3.05) is 24.5 Å². The van der Waals surface area contributed by atoms with Gasteiger partial charge in [0.2, 0.25) is 0 Å². The van der Waals surface area contributed by atoms with Gasteiger partial charge in [-0.05, 0) is 76.6 Å². The van der Waals surface area contributed by atoms with E-state index in [1.54, 1.807) is 23.1 Å². The van der Waals surface area contributed by atoms with Crippen LogP contribution < -0.4 is 10.2 Å². The molecule has 2 N–H and O–H groups in total. The second kappa shape index (κ2) is 10.2. The number of piperazine rings is 1. The number of carbonyl (C=O) groups excluding carboxylic acids is 1. The summed E-state index contributed by atoms with van der Waals surface area (Å²) in [4.78, 5) is 45.5. The molecule has 4 aromatic rings. The van der Waals surface area contributed by atoms with Crippen molar-refractivity contribution in [1.29, 1.82) is 0 Å². The molecule has 9 nitrogen and oxygen atoms in total. The van der Waals surface area contributed by atoms with Gasteiger partial charge < -0.3 is 24.2 Å². The Hall–Kier alpha value is -3.30. The molecule has 1 fully saturated rings. The summed E-state index contributed by atoms with van der Waals surface area (Å²) in [6.45, 7) is 11.4. The molecule has 1 aliphatic heterocycles. The van der Waals surface area contributed by atoms with E-state index < -0.39 is 19.0 Å². The molecule has 216 valence electrons. The number of hydrogen-bond donors (Lipinski definition) is 2. The van der Waals surface area contributed by atoms with Gasteiger partial charge in [0.25, 0.3) is 5.91 Å². The van der Waals surface area contributed by atoms with Crippen molar-refractivity contribution in [2.45, 2.75) is 45.7 Å². The van der Waals surface area contributed by atoms with Gasteiger partial charge >= 0.3 is 7.60 Å². The van der Waals surface area contributed by atoms with Gasteiger partial charge in [-0.3, -0.25) is 9.36 Å². The third-order valence-electron chi connectivity index (χ3n) is 7.36. The highest BCUT2D eigenvalue weighted by Gasteiger charge is 2.38. The molecule has 41 heavy (non-hydrogen) atoms. The molecule has 1 aliphatic rings. The normalized spacial score (nSPS) is 15.9. The van der Waals surface area contributed by atoms with Crippen LogP contribution in [0.3, 0.4) is 0 Å². The molecule has 1 aromatic carbocycles. The zero-order valence-electron chi connectivity index (χ0n) is 23.5. The summed E-state index contributed by atoms with van der Waals surface area (Å²) in [5.74, 6) is -0.131. The summed E-state index contributed by atoms with van der Waals surface area (Å²) in [6, 6.07) is 11.2. The lowest BCUT2D eigenvalue weighted by molar-refractivity contribution is 0.0508. The van der Waals surface area contributed by atoms with Gasteiger partial charge in [-0.25, -0.2) is 14.4 Å². The molecule has 4 heterocycles. The zero-order valence-corrected chi connectivity index (χ0v) is 25.1. The second-order valence-corrected chi connectivity index (χ2v) is 13.9. The average Bonchev–Trinajstić information content (AvgIpc) is 3.28. The number of pyridine rings is 2. The number of carbonyl (C=O) groups is 1. The fraction of sp³-hybridized carbons (Fsp3) is 0.345. The number of anilines is 1. The predicted molar refractivity (Wildman–Crippen MR) is 158 cm³/mol. The lowest BCUT2D eigenvalue weighted by Crippen LogP contribution is -2.61. The van der Waals surface area contributed by atoms with Crippen LogP contribution in [0.25, 0.3) is 22.2 Å². The van der Waals surface area contributed by atoms with E-state index in [0.29, 0.717) is 42.4 Å². The maximum absolute atomic E-state index is 14.3. The molecule has 3 aromatic heterocycles. The molecule has 1 amide bonds. The lowest BCUT2D eigenvalue weighted by atomic mass is 9.98. The van der Waals surface area contributed by atoms with Gasteiger partial charge in [-0.2, -0.15) is 0 Å². The minimum absolute atomic E-state index is 0.0518. The van der Waals surface area contributed by atoms with E-state index in [0.717, 1.165) is 10.9 Å². The summed E-state index contributed by atoms with van der Waals surface area (Å²) in [6.07, 6.45) is 3.12. The van der Waals surface area contributed by atoms with Crippen molar-refractivity contribution in [2.24, 2.45) is 0 Å². The number of rotatable bonds is 4. The maximum Gasteiger partial charge on any atom is 0.357 e. The summed E-state index contributed by atoms with van der Waals surface area (Å²) < 4.78 is 27.8. The number of fused-ring (bicyclic) bond motifs is 1. The highest BCUT2D eigenvalue weighted by molar-refractivity contribution is 7.60. The Morgan fingerprint density at radius 2 is 1.83 bits per heavy atom. The Morgan fingerprint density at radius 1 is 1.10 bits per heavy atom. The van der Waals surface area contributed by atoms with Crippen molar-refractivity contribution < 1.29 is 23.5 Å². The van der Waals surface area contributed by atoms with Gasteiger partial charge in [0.15, 0.2) is 0 Å². The Labute approximate surface area is 242 Å². The lowest BCUT2D eigenvalue weighted by Gasteiger charge is -2.47. The Morgan fingerprint density at radius 3 is 2.41 bits per heavy atom. The van der Waals surface area contributed by atoms with Gasteiger partial charge in [-0.1, -0.05) is 17.7 Å². The SMILES string of the molecule is CC1(C)CN(c2ccc(P(=O)(O)O)cn2)CCN1C(=O)c1ccc2c(-c3ccc(Cl)c(F)c3)cn(C(C)(C)C)c2n1. The molecular formula is C29H32ClFN5O4P. The minimum Gasteiger partial charge on any atom is -0.353 e.